The predicted octanol–water partition coefficient (Wildman–Crippen LogP) is 2.84. The zero-order valence-electron chi connectivity index (χ0n) is 12.9. The van der Waals surface area contributed by atoms with Crippen LogP contribution in [0.15, 0.2) is 35.2 Å². The lowest BCUT2D eigenvalue weighted by Gasteiger charge is -2.34. The molecule has 0 aromatic carbocycles. The van der Waals surface area contributed by atoms with Gasteiger partial charge in [-0.05, 0) is 25.3 Å². The van der Waals surface area contributed by atoms with Gasteiger partial charge in [0.1, 0.15) is 0 Å². The van der Waals surface area contributed by atoms with Crippen LogP contribution in [-0.2, 0) is 4.79 Å². The first-order valence-corrected chi connectivity index (χ1v) is 9.26. The number of hydrogen-bond donors (Lipinski definition) is 1. The van der Waals surface area contributed by atoms with E-state index < -0.39 is 0 Å². The molecule has 1 aromatic heterocycles. The van der Waals surface area contributed by atoms with Crippen molar-refractivity contribution in [2.45, 2.75) is 25.3 Å². The molecule has 0 bridgehead atoms. The minimum Gasteiger partial charge on any atom is -0.472 e. The highest BCUT2D eigenvalue weighted by Gasteiger charge is 2.25. The molecule has 1 aliphatic carbocycles. The highest BCUT2D eigenvalue weighted by atomic mass is 32.2. The number of carbonyl (C=O) groups excluding carboxylic acids is 1. The molecule has 1 fully saturated rings. The fraction of sp³-hybridized carbons (Fsp3) is 0.588. The van der Waals surface area contributed by atoms with Crippen molar-refractivity contribution in [3.63, 3.8) is 0 Å². The number of nitrogens with zero attached hydrogens (tertiary/aromatic N) is 1. The van der Waals surface area contributed by atoms with Gasteiger partial charge in [-0.3, -0.25) is 9.69 Å². The van der Waals surface area contributed by atoms with Crippen molar-refractivity contribution in [1.29, 1.82) is 0 Å². The molecule has 120 valence electrons. The summed E-state index contributed by atoms with van der Waals surface area (Å²) in [5, 5.41) is 3.18. The average Bonchev–Trinajstić information content (AvgIpc) is 3.11. The average molecular weight is 320 g/mol. The standard InChI is InChI=1S/C17H24N2O2S/c20-17(14-4-2-1-3-5-14)18-12-16(15-6-9-21-13-15)19-7-10-22-11-8-19/h1-2,6,9,13-14,16H,3-5,7-8,10-12H2,(H,18,20)/t14-,16+/m0/s1. The van der Waals surface area contributed by atoms with Crippen LogP contribution in [0.1, 0.15) is 30.9 Å². The first kappa shape index (κ1) is 15.7. The lowest BCUT2D eigenvalue weighted by atomic mass is 9.93. The molecule has 1 aromatic rings. The molecule has 4 nitrogen and oxygen atoms in total. The SMILES string of the molecule is O=C(NC[C@H](c1ccoc1)N1CCSCC1)[C@H]1CC=CCC1. The summed E-state index contributed by atoms with van der Waals surface area (Å²) in [5.74, 6) is 2.67. The van der Waals surface area contributed by atoms with E-state index in [0.29, 0.717) is 6.54 Å². The van der Waals surface area contributed by atoms with Gasteiger partial charge in [0, 0.05) is 42.6 Å². The Labute approximate surface area is 136 Å². The molecule has 0 saturated carbocycles. The van der Waals surface area contributed by atoms with Gasteiger partial charge in [-0.1, -0.05) is 12.2 Å². The molecule has 1 N–H and O–H groups in total. The lowest BCUT2D eigenvalue weighted by Crippen LogP contribution is -2.43. The number of furan rings is 1. The number of nitrogens with one attached hydrogen (secondary N) is 1. The molecular weight excluding hydrogens is 296 g/mol. The summed E-state index contributed by atoms with van der Waals surface area (Å²) in [6.07, 6.45) is 10.7. The van der Waals surface area contributed by atoms with Crippen LogP contribution in [0.2, 0.25) is 0 Å². The number of rotatable bonds is 5. The van der Waals surface area contributed by atoms with E-state index in [-0.39, 0.29) is 17.9 Å². The van der Waals surface area contributed by atoms with Crippen molar-refractivity contribution in [2.24, 2.45) is 5.92 Å². The van der Waals surface area contributed by atoms with Gasteiger partial charge in [-0.25, -0.2) is 0 Å². The Bertz CT molecular complexity index is 495. The predicted molar refractivity (Wildman–Crippen MR) is 89.8 cm³/mol. The van der Waals surface area contributed by atoms with Gasteiger partial charge in [0.15, 0.2) is 0 Å². The zero-order valence-corrected chi connectivity index (χ0v) is 13.7. The maximum atomic E-state index is 12.4. The van der Waals surface area contributed by atoms with E-state index in [9.17, 15) is 4.79 Å². The highest BCUT2D eigenvalue weighted by Crippen LogP contribution is 2.25. The molecule has 1 aliphatic heterocycles. The number of amides is 1. The van der Waals surface area contributed by atoms with Crippen LogP contribution in [0.25, 0.3) is 0 Å². The summed E-state index contributed by atoms with van der Waals surface area (Å²) >= 11 is 2.00. The highest BCUT2D eigenvalue weighted by molar-refractivity contribution is 7.99. The summed E-state index contributed by atoms with van der Waals surface area (Å²) in [7, 11) is 0. The number of hydrogen-bond acceptors (Lipinski definition) is 4. The van der Waals surface area contributed by atoms with E-state index in [1.807, 2.05) is 24.1 Å². The second kappa shape index (κ2) is 7.88. The molecular formula is C17H24N2O2S. The lowest BCUT2D eigenvalue weighted by molar-refractivity contribution is -0.125. The smallest absolute Gasteiger partial charge is 0.223 e. The minimum atomic E-state index is 0.145. The maximum absolute atomic E-state index is 12.4. The Hall–Kier alpha value is -1.20. The molecule has 22 heavy (non-hydrogen) atoms. The molecule has 0 unspecified atom stereocenters. The Morgan fingerprint density at radius 1 is 1.41 bits per heavy atom. The van der Waals surface area contributed by atoms with Gasteiger partial charge in [-0.15, -0.1) is 0 Å². The van der Waals surface area contributed by atoms with Crippen LogP contribution < -0.4 is 5.32 Å². The Morgan fingerprint density at radius 2 is 2.27 bits per heavy atom. The van der Waals surface area contributed by atoms with Crippen molar-refractivity contribution in [2.75, 3.05) is 31.1 Å². The fourth-order valence-corrected chi connectivity index (χ4v) is 4.12. The van der Waals surface area contributed by atoms with Gasteiger partial charge in [0.2, 0.25) is 5.91 Å². The summed E-state index contributed by atoms with van der Waals surface area (Å²) in [5.41, 5.74) is 1.16. The van der Waals surface area contributed by atoms with Crippen LogP contribution in [0.5, 0.6) is 0 Å². The number of allylic oxidation sites excluding steroid dienone is 2. The monoisotopic (exact) mass is 320 g/mol. The normalized spacial score (nSPS) is 24.1. The minimum absolute atomic E-state index is 0.145. The third-order valence-corrected chi connectivity index (χ3v) is 5.47. The van der Waals surface area contributed by atoms with Crippen molar-refractivity contribution in [1.82, 2.24) is 10.2 Å². The van der Waals surface area contributed by atoms with E-state index >= 15 is 0 Å². The summed E-state index contributed by atoms with van der Waals surface area (Å²) in [4.78, 5) is 14.8. The number of thioether (sulfide) groups is 1. The van der Waals surface area contributed by atoms with Crippen molar-refractivity contribution >= 4 is 17.7 Å². The topological polar surface area (TPSA) is 45.5 Å². The maximum Gasteiger partial charge on any atom is 0.223 e. The Morgan fingerprint density at radius 3 is 2.95 bits per heavy atom. The fourth-order valence-electron chi connectivity index (χ4n) is 3.18. The second-order valence-corrected chi connectivity index (χ2v) is 7.17. The molecule has 2 atom stereocenters. The molecule has 0 spiro atoms. The van der Waals surface area contributed by atoms with E-state index in [4.69, 9.17) is 4.42 Å². The van der Waals surface area contributed by atoms with E-state index in [1.54, 1.807) is 6.26 Å². The molecule has 1 saturated heterocycles. The largest absolute Gasteiger partial charge is 0.472 e. The third kappa shape index (κ3) is 3.96. The van der Waals surface area contributed by atoms with Gasteiger partial charge in [0.25, 0.3) is 0 Å². The van der Waals surface area contributed by atoms with E-state index in [1.165, 1.54) is 0 Å². The molecule has 3 rings (SSSR count). The zero-order chi connectivity index (χ0) is 15.2. The Kier molecular flexibility index (Phi) is 5.62. The first-order chi connectivity index (χ1) is 10.8. The quantitative estimate of drug-likeness (QED) is 0.848. The van der Waals surface area contributed by atoms with Crippen molar-refractivity contribution in [3.8, 4) is 0 Å². The van der Waals surface area contributed by atoms with Crippen LogP contribution in [0.4, 0.5) is 0 Å². The van der Waals surface area contributed by atoms with Gasteiger partial charge in [-0.2, -0.15) is 11.8 Å². The van der Waals surface area contributed by atoms with Gasteiger partial charge >= 0.3 is 0 Å². The van der Waals surface area contributed by atoms with Crippen LogP contribution in [0, 0.1) is 5.92 Å². The summed E-state index contributed by atoms with van der Waals surface area (Å²) in [6, 6.07) is 2.24. The van der Waals surface area contributed by atoms with Crippen LogP contribution >= 0.6 is 11.8 Å². The van der Waals surface area contributed by atoms with Crippen LogP contribution in [-0.4, -0.2) is 41.9 Å². The van der Waals surface area contributed by atoms with Crippen LogP contribution in [0.3, 0.4) is 0 Å². The van der Waals surface area contributed by atoms with E-state index in [2.05, 4.69) is 22.4 Å². The second-order valence-electron chi connectivity index (χ2n) is 5.95. The number of carbonyl (C=O) groups is 1. The van der Waals surface area contributed by atoms with Crippen molar-refractivity contribution < 1.29 is 9.21 Å². The summed E-state index contributed by atoms with van der Waals surface area (Å²) in [6.45, 7) is 2.81. The molecule has 1 amide bonds. The van der Waals surface area contributed by atoms with E-state index in [0.717, 1.165) is 49.4 Å². The molecule has 2 heterocycles. The molecule has 5 heteroatoms. The van der Waals surface area contributed by atoms with Crippen molar-refractivity contribution in [3.05, 3.63) is 36.3 Å². The van der Waals surface area contributed by atoms with Gasteiger partial charge < -0.3 is 9.73 Å². The molecule has 0 radical (unpaired) electrons. The Balaban J connectivity index is 1.60. The summed E-state index contributed by atoms with van der Waals surface area (Å²) < 4.78 is 5.26. The third-order valence-electron chi connectivity index (χ3n) is 4.52. The van der Waals surface area contributed by atoms with Gasteiger partial charge in [0.05, 0.1) is 18.6 Å². The first-order valence-electron chi connectivity index (χ1n) is 8.11. The molecule has 2 aliphatic rings.